The van der Waals surface area contributed by atoms with Crippen LogP contribution in [0.15, 0.2) is 36.4 Å². The third-order valence-corrected chi connectivity index (χ3v) is 2.45. The van der Waals surface area contributed by atoms with Crippen LogP contribution in [0.5, 0.6) is 11.5 Å². The van der Waals surface area contributed by atoms with Crippen LogP contribution in [0.4, 0.5) is 13.2 Å². The Kier molecular flexibility index (Phi) is 3.55. The van der Waals surface area contributed by atoms with Crippen LogP contribution < -0.4 is 4.74 Å². The molecule has 0 saturated heterocycles. The summed E-state index contributed by atoms with van der Waals surface area (Å²) in [5.41, 5.74) is -0.229. The Hall–Kier alpha value is -2.30. The molecule has 0 aromatic heterocycles. The van der Waals surface area contributed by atoms with E-state index >= 15 is 0 Å². The molecule has 0 saturated carbocycles. The fraction of sp³-hybridized carbons (Fsp3) is 0.0714. The zero-order chi connectivity index (χ0) is 14.0. The average molecular weight is 266 g/mol. The monoisotopic (exact) mass is 266 g/mol. The lowest BCUT2D eigenvalue weighted by molar-refractivity contribution is 0.101. The zero-order valence-corrected chi connectivity index (χ0v) is 9.91. The molecular formula is C14H9F3O2. The van der Waals surface area contributed by atoms with Crippen LogP contribution in [-0.4, -0.2) is 5.78 Å². The Balaban J connectivity index is 2.40. The van der Waals surface area contributed by atoms with Gasteiger partial charge in [-0.05, 0) is 31.2 Å². The standard InChI is InChI=1S/C14H9F3O2/c1-8(18)14-11(16)3-2-4-13(14)19-9-5-6-10(15)12(17)7-9/h2-7H,1H3. The molecule has 2 nitrogen and oxygen atoms in total. The molecule has 2 aromatic rings. The van der Waals surface area contributed by atoms with E-state index in [2.05, 4.69) is 0 Å². The number of ether oxygens (including phenoxy) is 1. The van der Waals surface area contributed by atoms with Gasteiger partial charge in [0, 0.05) is 6.07 Å². The summed E-state index contributed by atoms with van der Waals surface area (Å²) in [5.74, 6) is -3.41. The van der Waals surface area contributed by atoms with Crippen molar-refractivity contribution in [2.75, 3.05) is 0 Å². The summed E-state index contributed by atoms with van der Waals surface area (Å²) in [6.07, 6.45) is 0. The molecule has 2 rings (SSSR count). The van der Waals surface area contributed by atoms with Crippen molar-refractivity contribution in [3.63, 3.8) is 0 Å². The van der Waals surface area contributed by atoms with Gasteiger partial charge in [0.25, 0.3) is 0 Å². The molecule has 19 heavy (non-hydrogen) atoms. The summed E-state index contributed by atoms with van der Waals surface area (Å²) in [6, 6.07) is 6.75. The van der Waals surface area contributed by atoms with E-state index in [0.717, 1.165) is 18.2 Å². The smallest absolute Gasteiger partial charge is 0.166 e. The first-order chi connectivity index (χ1) is 8.99. The van der Waals surface area contributed by atoms with Crippen LogP contribution in [0.1, 0.15) is 17.3 Å². The van der Waals surface area contributed by atoms with E-state index in [1.54, 1.807) is 0 Å². The van der Waals surface area contributed by atoms with Crippen LogP contribution in [0.3, 0.4) is 0 Å². The molecule has 0 aliphatic carbocycles. The minimum atomic E-state index is -1.08. The van der Waals surface area contributed by atoms with Crippen LogP contribution in [0, 0.1) is 17.5 Å². The minimum Gasteiger partial charge on any atom is -0.456 e. The topological polar surface area (TPSA) is 26.3 Å². The van der Waals surface area contributed by atoms with Gasteiger partial charge in [0.2, 0.25) is 0 Å². The van der Waals surface area contributed by atoms with Gasteiger partial charge in [0.1, 0.15) is 17.3 Å². The normalized spacial score (nSPS) is 10.3. The van der Waals surface area contributed by atoms with Gasteiger partial charge in [0.05, 0.1) is 5.56 Å². The molecule has 0 atom stereocenters. The van der Waals surface area contributed by atoms with Crippen molar-refractivity contribution in [2.45, 2.75) is 6.92 Å². The van der Waals surface area contributed by atoms with Crippen LogP contribution in [0.25, 0.3) is 0 Å². The maximum Gasteiger partial charge on any atom is 0.166 e. The molecular weight excluding hydrogens is 257 g/mol. The average Bonchev–Trinajstić information content (AvgIpc) is 2.33. The second-order valence-corrected chi connectivity index (χ2v) is 3.85. The predicted molar refractivity (Wildman–Crippen MR) is 62.8 cm³/mol. The summed E-state index contributed by atoms with van der Waals surface area (Å²) in [4.78, 5) is 11.3. The number of Topliss-reactive ketones (excluding diaryl/α,β-unsaturated/α-hetero) is 1. The Morgan fingerprint density at radius 2 is 1.74 bits per heavy atom. The zero-order valence-electron chi connectivity index (χ0n) is 9.91. The fourth-order valence-corrected chi connectivity index (χ4v) is 1.60. The number of ketones is 1. The first kappa shape index (κ1) is 13.1. The van der Waals surface area contributed by atoms with Gasteiger partial charge < -0.3 is 4.74 Å². The lowest BCUT2D eigenvalue weighted by Gasteiger charge is -2.10. The summed E-state index contributed by atoms with van der Waals surface area (Å²) in [5, 5.41) is 0. The summed E-state index contributed by atoms with van der Waals surface area (Å²) >= 11 is 0. The Labute approximate surface area is 107 Å². The molecule has 0 N–H and O–H groups in total. The number of hydrogen-bond donors (Lipinski definition) is 0. The van der Waals surface area contributed by atoms with Gasteiger partial charge in [-0.15, -0.1) is 0 Å². The molecule has 0 spiro atoms. The van der Waals surface area contributed by atoms with Crippen molar-refractivity contribution in [2.24, 2.45) is 0 Å². The summed E-state index contributed by atoms with van der Waals surface area (Å²) < 4.78 is 44.5. The van der Waals surface area contributed by atoms with Crippen molar-refractivity contribution >= 4 is 5.78 Å². The number of hydrogen-bond acceptors (Lipinski definition) is 2. The lowest BCUT2D eigenvalue weighted by Crippen LogP contribution is -2.01. The largest absolute Gasteiger partial charge is 0.456 e. The molecule has 0 bridgehead atoms. The Morgan fingerprint density at radius 3 is 2.37 bits per heavy atom. The summed E-state index contributed by atoms with van der Waals surface area (Å²) in [7, 11) is 0. The molecule has 0 amide bonds. The number of rotatable bonds is 3. The second kappa shape index (κ2) is 5.14. The van der Waals surface area contributed by atoms with Crippen molar-refractivity contribution < 1.29 is 22.7 Å². The van der Waals surface area contributed by atoms with Gasteiger partial charge in [0.15, 0.2) is 17.4 Å². The molecule has 0 radical (unpaired) electrons. The van der Waals surface area contributed by atoms with E-state index in [9.17, 15) is 18.0 Å². The third-order valence-electron chi connectivity index (χ3n) is 2.45. The van der Waals surface area contributed by atoms with Crippen molar-refractivity contribution in [3.8, 4) is 11.5 Å². The molecule has 0 fully saturated rings. The highest BCUT2D eigenvalue weighted by atomic mass is 19.2. The molecule has 2 aromatic carbocycles. The van der Waals surface area contributed by atoms with Gasteiger partial charge >= 0.3 is 0 Å². The van der Waals surface area contributed by atoms with Crippen LogP contribution >= 0.6 is 0 Å². The third kappa shape index (κ3) is 2.76. The van der Waals surface area contributed by atoms with E-state index in [1.807, 2.05) is 0 Å². The highest BCUT2D eigenvalue weighted by Crippen LogP contribution is 2.28. The SMILES string of the molecule is CC(=O)c1c(F)cccc1Oc1ccc(F)c(F)c1. The minimum absolute atomic E-state index is 0.0213. The van der Waals surface area contributed by atoms with E-state index < -0.39 is 23.2 Å². The first-order valence-corrected chi connectivity index (χ1v) is 5.41. The molecule has 98 valence electrons. The number of halogens is 3. The Morgan fingerprint density at radius 1 is 1.00 bits per heavy atom. The van der Waals surface area contributed by atoms with E-state index in [4.69, 9.17) is 4.74 Å². The highest BCUT2D eigenvalue weighted by Gasteiger charge is 2.15. The van der Waals surface area contributed by atoms with Gasteiger partial charge in [-0.25, -0.2) is 13.2 Å². The van der Waals surface area contributed by atoms with Crippen LogP contribution in [0.2, 0.25) is 0 Å². The Bertz CT molecular complexity index is 639. The fourth-order valence-electron chi connectivity index (χ4n) is 1.60. The number of benzene rings is 2. The van der Waals surface area contributed by atoms with Crippen LogP contribution in [-0.2, 0) is 0 Å². The number of carbonyl (C=O) groups excluding carboxylic acids is 1. The molecule has 0 aliphatic heterocycles. The lowest BCUT2D eigenvalue weighted by atomic mass is 10.1. The van der Waals surface area contributed by atoms with Crippen molar-refractivity contribution in [1.82, 2.24) is 0 Å². The maximum atomic E-state index is 13.5. The molecule has 0 aliphatic rings. The second-order valence-electron chi connectivity index (χ2n) is 3.85. The molecule has 5 heteroatoms. The summed E-state index contributed by atoms with van der Waals surface area (Å²) in [6.45, 7) is 1.19. The van der Waals surface area contributed by atoms with Crippen molar-refractivity contribution in [3.05, 3.63) is 59.4 Å². The van der Waals surface area contributed by atoms with E-state index in [1.165, 1.54) is 25.1 Å². The van der Waals surface area contributed by atoms with Crippen molar-refractivity contribution in [1.29, 1.82) is 0 Å². The van der Waals surface area contributed by atoms with E-state index in [-0.39, 0.29) is 17.1 Å². The highest BCUT2D eigenvalue weighted by molar-refractivity contribution is 5.97. The molecule has 0 heterocycles. The maximum absolute atomic E-state index is 13.5. The first-order valence-electron chi connectivity index (χ1n) is 5.41. The van der Waals surface area contributed by atoms with Gasteiger partial charge in [-0.2, -0.15) is 0 Å². The van der Waals surface area contributed by atoms with Gasteiger partial charge in [-0.1, -0.05) is 6.07 Å². The predicted octanol–water partition coefficient (Wildman–Crippen LogP) is 4.10. The number of carbonyl (C=O) groups is 1. The van der Waals surface area contributed by atoms with Gasteiger partial charge in [-0.3, -0.25) is 4.79 Å². The quantitative estimate of drug-likeness (QED) is 0.782. The molecule has 0 unspecified atom stereocenters. The van der Waals surface area contributed by atoms with E-state index in [0.29, 0.717) is 0 Å².